The van der Waals surface area contributed by atoms with Gasteiger partial charge in [0.2, 0.25) is 5.91 Å². The number of nitrogens with one attached hydrogen (secondary N) is 1. The summed E-state index contributed by atoms with van der Waals surface area (Å²) in [5.41, 5.74) is 0.970. The van der Waals surface area contributed by atoms with Crippen molar-refractivity contribution in [1.82, 2.24) is 10.3 Å². The molecule has 38 heavy (non-hydrogen) atoms. The molecule has 2 amide bonds. The summed E-state index contributed by atoms with van der Waals surface area (Å²) >= 11 is 6.15. The van der Waals surface area contributed by atoms with Crippen LogP contribution in [0.25, 0.3) is 10.9 Å². The van der Waals surface area contributed by atoms with Crippen molar-refractivity contribution in [2.24, 2.45) is 0 Å². The van der Waals surface area contributed by atoms with E-state index in [-0.39, 0.29) is 29.4 Å². The largest absolute Gasteiger partial charge is 0.433 e. The first-order valence-electron chi connectivity index (χ1n) is 12.7. The van der Waals surface area contributed by atoms with Gasteiger partial charge >= 0.3 is 6.18 Å². The van der Waals surface area contributed by atoms with E-state index >= 15 is 0 Å². The zero-order valence-electron chi connectivity index (χ0n) is 20.9. The molecule has 1 aliphatic carbocycles. The van der Waals surface area contributed by atoms with Gasteiger partial charge in [-0.05, 0) is 74.6 Å². The van der Waals surface area contributed by atoms with Crippen LogP contribution in [0.2, 0.25) is 5.02 Å². The number of nitrogens with zero attached hydrogens (tertiary/aromatic N) is 3. The van der Waals surface area contributed by atoms with Crippen LogP contribution in [-0.4, -0.2) is 42.5 Å². The lowest BCUT2D eigenvalue weighted by molar-refractivity contribution is -0.140. The molecule has 2 aliphatic rings. The minimum atomic E-state index is -4.56. The molecule has 2 heterocycles. The molecule has 5 rings (SSSR count). The van der Waals surface area contributed by atoms with Crippen LogP contribution in [-0.2, 0) is 11.0 Å². The smallest absolute Gasteiger partial charge is 0.371 e. The van der Waals surface area contributed by atoms with Gasteiger partial charge in [0.25, 0.3) is 5.91 Å². The molecule has 1 aromatic heterocycles. The van der Waals surface area contributed by atoms with E-state index in [1.165, 1.54) is 12.1 Å². The fraction of sp³-hybridized carbons (Fsp3) is 0.393. The Morgan fingerprint density at radius 3 is 2.55 bits per heavy atom. The first kappa shape index (κ1) is 26.3. The minimum Gasteiger partial charge on any atom is -0.371 e. The molecule has 2 aromatic carbocycles. The second-order valence-electron chi connectivity index (χ2n) is 9.97. The summed E-state index contributed by atoms with van der Waals surface area (Å²) in [5, 5.41) is 4.09. The first-order chi connectivity index (χ1) is 18.1. The van der Waals surface area contributed by atoms with Crippen LogP contribution in [0.1, 0.15) is 54.6 Å². The van der Waals surface area contributed by atoms with Gasteiger partial charge < -0.3 is 15.1 Å². The van der Waals surface area contributed by atoms with Gasteiger partial charge in [-0.25, -0.2) is 4.98 Å². The Morgan fingerprint density at radius 1 is 1.11 bits per heavy atom. The maximum absolute atomic E-state index is 13.6. The van der Waals surface area contributed by atoms with Gasteiger partial charge in [0.1, 0.15) is 5.69 Å². The molecular weight excluding hydrogens is 517 g/mol. The van der Waals surface area contributed by atoms with Crippen LogP contribution in [0.5, 0.6) is 0 Å². The number of pyridine rings is 1. The van der Waals surface area contributed by atoms with E-state index < -0.39 is 11.9 Å². The normalized spacial score (nSPS) is 20.1. The first-order valence-corrected chi connectivity index (χ1v) is 13.1. The number of hydrogen-bond acceptors (Lipinski definition) is 4. The fourth-order valence-electron chi connectivity index (χ4n) is 5.43. The van der Waals surface area contributed by atoms with Gasteiger partial charge in [0.15, 0.2) is 0 Å². The molecule has 3 aromatic rings. The van der Waals surface area contributed by atoms with E-state index in [0.717, 1.165) is 18.2 Å². The Hall–Kier alpha value is -3.33. The SMILES string of the molecule is CN(c1cc(C(F)(F)F)nc2ccc(Cl)cc12)[C@H]1CC[C@@H](NC(=O)c2cccc(N3CCCC3=O)c2)CC1. The molecule has 0 atom stereocenters. The molecule has 10 heteroatoms. The fourth-order valence-corrected chi connectivity index (χ4v) is 5.60. The number of rotatable bonds is 5. The molecule has 6 nitrogen and oxygen atoms in total. The van der Waals surface area contributed by atoms with Crippen LogP contribution >= 0.6 is 11.6 Å². The Labute approximate surface area is 223 Å². The van der Waals surface area contributed by atoms with Crippen LogP contribution in [0.3, 0.4) is 0 Å². The summed E-state index contributed by atoms with van der Waals surface area (Å²) in [5.74, 6) is -0.128. The van der Waals surface area contributed by atoms with Crippen LogP contribution < -0.4 is 15.1 Å². The molecule has 200 valence electrons. The van der Waals surface area contributed by atoms with E-state index in [1.807, 2.05) is 11.0 Å². The quantitative estimate of drug-likeness (QED) is 0.415. The van der Waals surface area contributed by atoms with E-state index in [9.17, 15) is 22.8 Å². The third-order valence-corrected chi connectivity index (χ3v) is 7.73. The number of alkyl halides is 3. The monoisotopic (exact) mass is 544 g/mol. The molecule has 0 spiro atoms. The molecule has 1 aliphatic heterocycles. The van der Waals surface area contributed by atoms with Gasteiger partial charge in [-0.1, -0.05) is 17.7 Å². The summed E-state index contributed by atoms with van der Waals surface area (Å²) < 4.78 is 40.7. The predicted molar refractivity (Wildman–Crippen MR) is 142 cm³/mol. The number of aromatic nitrogens is 1. The Morgan fingerprint density at radius 2 is 1.87 bits per heavy atom. The summed E-state index contributed by atoms with van der Waals surface area (Å²) in [4.78, 5) is 32.4. The second-order valence-corrected chi connectivity index (χ2v) is 10.4. The van der Waals surface area contributed by atoms with Gasteiger partial charge in [0.05, 0.1) is 5.52 Å². The molecule has 0 unspecified atom stereocenters. The number of fused-ring (bicyclic) bond motifs is 1. The van der Waals surface area contributed by atoms with Crippen molar-refractivity contribution in [2.75, 3.05) is 23.4 Å². The zero-order chi connectivity index (χ0) is 27.0. The van der Waals surface area contributed by atoms with Gasteiger partial charge in [-0.15, -0.1) is 0 Å². The van der Waals surface area contributed by atoms with E-state index in [2.05, 4.69) is 10.3 Å². The highest BCUT2D eigenvalue weighted by Crippen LogP contribution is 2.37. The maximum Gasteiger partial charge on any atom is 0.433 e. The number of anilines is 2. The number of halogens is 4. The van der Waals surface area contributed by atoms with Crippen molar-refractivity contribution < 1.29 is 22.8 Å². The number of hydrogen-bond donors (Lipinski definition) is 1. The van der Waals surface area contributed by atoms with Crippen molar-refractivity contribution in [1.29, 1.82) is 0 Å². The minimum absolute atomic E-state index is 0.00155. The van der Waals surface area contributed by atoms with Crippen molar-refractivity contribution in [2.45, 2.75) is 56.8 Å². The topological polar surface area (TPSA) is 65.5 Å². The Kier molecular flexibility index (Phi) is 7.22. The van der Waals surface area contributed by atoms with Crippen LogP contribution in [0.4, 0.5) is 24.5 Å². The van der Waals surface area contributed by atoms with Crippen LogP contribution in [0.15, 0.2) is 48.5 Å². The van der Waals surface area contributed by atoms with E-state index in [4.69, 9.17) is 11.6 Å². The lowest BCUT2D eigenvalue weighted by Crippen LogP contribution is -2.43. The average molecular weight is 545 g/mol. The molecule has 1 saturated heterocycles. The lowest BCUT2D eigenvalue weighted by Gasteiger charge is -2.37. The molecule has 1 N–H and O–H groups in total. The standard InChI is InChI=1S/C28H28ClF3N4O2/c1-35(24-16-25(28(30,31)32)34-23-12-7-18(29)15-22(23)24)20-10-8-19(9-11-20)33-27(38)17-4-2-5-21(14-17)36-13-3-6-26(36)37/h2,4-5,7,12,14-16,19-20H,3,6,8-11,13H2,1H3,(H,33,38)/t19-,20+. The Bertz CT molecular complexity index is 1370. The molecule has 0 radical (unpaired) electrons. The lowest BCUT2D eigenvalue weighted by atomic mass is 9.89. The summed E-state index contributed by atoms with van der Waals surface area (Å²) in [6, 6.07) is 12.8. The number of amides is 2. The van der Waals surface area contributed by atoms with E-state index in [1.54, 1.807) is 36.2 Å². The third-order valence-electron chi connectivity index (χ3n) is 7.49. The second kappa shape index (κ2) is 10.4. The highest BCUT2D eigenvalue weighted by Gasteiger charge is 2.35. The maximum atomic E-state index is 13.6. The zero-order valence-corrected chi connectivity index (χ0v) is 21.6. The van der Waals surface area contributed by atoms with Crippen molar-refractivity contribution in [3.63, 3.8) is 0 Å². The highest BCUT2D eigenvalue weighted by molar-refractivity contribution is 6.31. The molecular formula is C28H28ClF3N4O2. The molecule has 1 saturated carbocycles. The number of benzene rings is 2. The van der Waals surface area contributed by atoms with Crippen molar-refractivity contribution in [3.05, 3.63) is 64.8 Å². The number of carbonyl (C=O) groups excluding carboxylic acids is 2. The third kappa shape index (κ3) is 5.43. The average Bonchev–Trinajstić information content (AvgIpc) is 3.33. The van der Waals surface area contributed by atoms with Gasteiger partial charge in [-0.3, -0.25) is 9.59 Å². The Balaban J connectivity index is 1.26. The molecule has 0 bridgehead atoms. The molecule has 2 fully saturated rings. The van der Waals surface area contributed by atoms with Crippen molar-refractivity contribution in [3.8, 4) is 0 Å². The summed E-state index contributed by atoms with van der Waals surface area (Å²) in [6.45, 7) is 0.658. The van der Waals surface area contributed by atoms with Crippen LogP contribution in [0, 0.1) is 0 Å². The summed E-state index contributed by atoms with van der Waals surface area (Å²) in [6.07, 6.45) is -0.432. The van der Waals surface area contributed by atoms with E-state index in [0.29, 0.717) is 60.3 Å². The summed E-state index contributed by atoms with van der Waals surface area (Å²) in [7, 11) is 1.80. The number of carbonyl (C=O) groups is 2. The van der Waals surface area contributed by atoms with Gasteiger partial charge in [-0.2, -0.15) is 13.2 Å². The van der Waals surface area contributed by atoms with Crippen molar-refractivity contribution >= 4 is 45.7 Å². The predicted octanol–water partition coefficient (Wildman–Crippen LogP) is 6.21. The van der Waals surface area contributed by atoms with Gasteiger partial charge in [0, 0.05) is 59.4 Å². The highest BCUT2D eigenvalue weighted by atomic mass is 35.5.